The molecule has 0 aliphatic carbocycles. The Balaban J connectivity index is 1.83. The third kappa shape index (κ3) is 4.18. The first kappa shape index (κ1) is 21.4. The SMILES string of the molecule is COc1ccc(OCC(=O)N2N=C(c3cccc(OC)c3)C[C@]2(O)C(F)(F)F)cc1. The molecule has 0 bridgehead atoms. The number of carbonyl (C=O) groups excluding carboxylic acids is 1. The second kappa shape index (κ2) is 8.23. The second-order valence-corrected chi connectivity index (χ2v) is 6.44. The summed E-state index contributed by atoms with van der Waals surface area (Å²) >= 11 is 0. The number of carbonyl (C=O) groups is 1. The predicted molar refractivity (Wildman–Crippen MR) is 100 cm³/mol. The quantitative estimate of drug-likeness (QED) is 0.771. The van der Waals surface area contributed by atoms with Crippen molar-refractivity contribution in [2.45, 2.75) is 18.3 Å². The van der Waals surface area contributed by atoms with Gasteiger partial charge in [-0.05, 0) is 36.4 Å². The molecule has 1 amide bonds. The van der Waals surface area contributed by atoms with Crippen LogP contribution in [-0.4, -0.2) is 54.5 Å². The largest absolute Gasteiger partial charge is 0.497 e. The first-order valence-electron chi connectivity index (χ1n) is 8.79. The zero-order chi connectivity index (χ0) is 21.9. The molecule has 0 unspecified atom stereocenters. The van der Waals surface area contributed by atoms with Crippen molar-refractivity contribution in [1.29, 1.82) is 0 Å². The molecule has 0 saturated carbocycles. The van der Waals surface area contributed by atoms with E-state index in [0.717, 1.165) is 0 Å². The summed E-state index contributed by atoms with van der Waals surface area (Å²) in [6, 6.07) is 12.3. The van der Waals surface area contributed by atoms with E-state index in [1.165, 1.54) is 38.5 Å². The van der Waals surface area contributed by atoms with Crippen molar-refractivity contribution < 1.29 is 37.3 Å². The van der Waals surface area contributed by atoms with Crippen molar-refractivity contribution in [1.82, 2.24) is 5.01 Å². The van der Waals surface area contributed by atoms with E-state index in [9.17, 15) is 23.1 Å². The van der Waals surface area contributed by atoms with Gasteiger partial charge >= 0.3 is 6.18 Å². The number of hydrazone groups is 1. The monoisotopic (exact) mass is 424 g/mol. The molecule has 0 radical (unpaired) electrons. The van der Waals surface area contributed by atoms with E-state index in [0.29, 0.717) is 17.1 Å². The third-order valence-corrected chi connectivity index (χ3v) is 4.50. The number of amides is 1. The van der Waals surface area contributed by atoms with Crippen molar-refractivity contribution in [3.05, 3.63) is 54.1 Å². The average molecular weight is 424 g/mol. The van der Waals surface area contributed by atoms with Crippen molar-refractivity contribution in [2.24, 2.45) is 5.10 Å². The van der Waals surface area contributed by atoms with Crippen LogP contribution >= 0.6 is 0 Å². The molecule has 1 heterocycles. The molecule has 0 saturated heterocycles. The molecule has 0 fully saturated rings. The molecule has 0 aromatic heterocycles. The number of benzene rings is 2. The molecule has 1 atom stereocenters. The van der Waals surface area contributed by atoms with Gasteiger partial charge in [0.2, 0.25) is 0 Å². The van der Waals surface area contributed by atoms with Gasteiger partial charge < -0.3 is 19.3 Å². The van der Waals surface area contributed by atoms with Crippen LogP contribution in [-0.2, 0) is 4.79 Å². The Bertz CT molecular complexity index is 946. The number of nitrogens with zero attached hydrogens (tertiary/aromatic N) is 2. The third-order valence-electron chi connectivity index (χ3n) is 4.50. The topological polar surface area (TPSA) is 80.6 Å². The molecular formula is C20H19F3N2O5. The first-order valence-corrected chi connectivity index (χ1v) is 8.79. The maximum absolute atomic E-state index is 13.6. The number of hydrogen-bond acceptors (Lipinski definition) is 6. The molecule has 1 aliphatic rings. The van der Waals surface area contributed by atoms with Gasteiger partial charge in [-0.15, -0.1) is 0 Å². The smallest absolute Gasteiger partial charge is 0.438 e. The highest BCUT2D eigenvalue weighted by atomic mass is 19.4. The fourth-order valence-electron chi connectivity index (χ4n) is 2.87. The Labute approximate surface area is 170 Å². The zero-order valence-corrected chi connectivity index (χ0v) is 16.1. The number of alkyl halides is 3. The van der Waals surface area contributed by atoms with Crippen molar-refractivity contribution >= 4 is 11.6 Å². The summed E-state index contributed by atoms with van der Waals surface area (Å²) in [6.07, 6.45) is -6.05. The fourth-order valence-corrected chi connectivity index (χ4v) is 2.87. The van der Waals surface area contributed by atoms with Crippen LogP contribution in [0.15, 0.2) is 53.6 Å². The number of rotatable bonds is 6. The summed E-state index contributed by atoms with van der Waals surface area (Å²) in [7, 11) is 2.89. The Kier molecular flexibility index (Phi) is 5.88. The van der Waals surface area contributed by atoms with Crippen LogP contribution in [0, 0.1) is 0 Å². The molecule has 2 aromatic carbocycles. The van der Waals surface area contributed by atoms with Crippen LogP contribution in [0.3, 0.4) is 0 Å². The number of ether oxygens (including phenoxy) is 3. The molecule has 30 heavy (non-hydrogen) atoms. The Morgan fingerprint density at radius 1 is 1.10 bits per heavy atom. The molecule has 7 nitrogen and oxygen atoms in total. The van der Waals surface area contributed by atoms with Gasteiger partial charge in [0.05, 0.1) is 26.4 Å². The van der Waals surface area contributed by atoms with Crippen LogP contribution in [0.25, 0.3) is 0 Å². The van der Waals surface area contributed by atoms with Gasteiger partial charge in [0.1, 0.15) is 17.2 Å². The molecule has 10 heteroatoms. The predicted octanol–water partition coefficient (Wildman–Crippen LogP) is 2.97. The van der Waals surface area contributed by atoms with Gasteiger partial charge in [-0.25, -0.2) is 0 Å². The molecular weight excluding hydrogens is 405 g/mol. The van der Waals surface area contributed by atoms with Crippen LogP contribution in [0.1, 0.15) is 12.0 Å². The molecule has 2 aromatic rings. The van der Waals surface area contributed by atoms with Gasteiger partial charge in [-0.2, -0.15) is 23.3 Å². The molecule has 1 aliphatic heterocycles. The standard InChI is InChI=1S/C20H19F3N2O5/c1-28-14-6-8-15(9-7-14)30-12-18(26)25-19(27,20(21,22)23)11-17(24-25)13-4-3-5-16(10-13)29-2/h3-10,27H,11-12H2,1-2H3/t19-/m0/s1. The van der Waals surface area contributed by atoms with E-state index in [1.807, 2.05) is 0 Å². The highest BCUT2D eigenvalue weighted by Gasteiger charge is 2.63. The van der Waals surface area contributed by atoms with Crippen LogP contribution in [0.4, 0.5) is 13.2 Å². The molecule has 1 N–H and O–H groups in total. The second-order valence-electron chi connectivity index (χ2n) is 6.44. The van der Waals surface area contributed by atoms with Gasteiger partial charge in [-0.1, -0.05) is 12.1 Å². The maximum atomic E-state index is 13.6. The average Bonchev–Trinajstić information content (AvgIpc) is 3.11. The van der Waals surface area contributed by atoms with Crippen LogP contribution in [0.5, 0.6) is 17.2 Å². The Morgan fingerprint density at radius 3 is 2.33 bits per heavy atom. The summed E-state index contributed by atoms with van der Waals surface area (Å²) in [5, 5.41) is 14.1. The lowest BCUT2D eigenvalue weighted by molar-refractivity contribution is -0.302. The summed E-state index contributed by atoms with van der Waals surface area (Å²) in [5.41, 5.74) is -3.29. The summed E-state index contributed by atoms with van der Waals surface area (Å²) < 4.78 is 56.2. The van der Waals surface area contributed by atoms with E-state index in [-0.39, 0.29) is 16.5 Å². The van der Waals surface area contributed by atoms with Crippen molar-refractivity contribution in [3.63, 3.8) is 0 Å². The lowest BCUT2D eigenvalue weighted by Gasteiger charge is -2.32. The maximum Gasteiger partial charge on any atom is 0.438 e. The summed E-state index contributed by atoms with van der Waals surface area (Å²) in [4.78, 5) is 12.5. The number of aliphatic hydroxyl groups is 1. The van der Waals surface area contributed by atoms with Crippen molar-refractivity contribution in [3.8, 4) is 17.2 Å². The molecule has 0 spiro atoms. The minimum Gasteiger partial charge on any atom is -0.497 e. The number of hydrogen-bond donors (Lipinski definition) is 1. The van der Waals surface area contributed by atoms with Crippen LogP contribution < -0.4 is 14.2 Å². The van der Waals surface area contributed by atoms with Crippen LogP contribution in [0.2, 0.25) is 0 Å². The summed E-state index contributed by atoms with van der Waals surface area (Å²) in [5.74, 6) is 0.0463. The van der Waals surface area contributed by atoms with Gasteiger partial charge in [0.15, 0.2) is 6.61 Å². The first-order chi connectivity index (χ1) is 14.2. The fraction of sp³-hybridized carbons (Fsp3) is 0.300. The van der Waals surface area contributed by atoms with E-state index < -0.39 is 30.8 Å². The highest BCUT2D eigenvalue weighted by molar-refractivity contribution is 6.03. The van der Waals surface area contributed by atoms with Crippen molar-refractivity contribution in [2.75, 3.05) is 20.8 Å². The highest BCUT2D eigenvalue weighted by Crippen LogP contribution is 2.41. The minimum absolute atomic E-state index is 0.0331. The number of halogens is 3. The van der Waals surface area contributed by atoms with Gasteiger partial charge in [0.25, 0.3) is 11.6 Å². The normalized spacial score (nSPS) is 18.7. The molecule has 160 valence electrons. The van der Waals surface area contributed by atoms with Gasteiger partial charge in [0, 0.05) is 5.56 Å². The van der Waals surface area contributed by atoms with E-state index >= 15 is 0 Å². The van der Waals surface area contributed by atoms with E-state index in [4.69, 9.17) is 14.2 Å². The lowest BCUT2D eigenvalue weighted by atomic mass is 10.0. The Morgan fingerprint density at radius 2 is 1.73 bits per heavy atom. The van der Waals surface area contributed by atoms with E-state index in [2.05, 4.69) is 5.10 Å². The molecule has 3 rings (SSSR count). The Hall–Kier alpha value is -3.27. The van der Waals surface area contributed by atoms with E-state index in [1.54, 1.807) is 24.3 Å². The number of methoxy groups -OCH3 is 2. The van der Waals surface area contributed by atoms with Gasteiger partial charge in [-0.3, -0.25) is 4.79 Å². The zero-order valence-electron chi connectivity index (χ0n) is 16.1. The lowest BCUT2D eigenvalue weighted by Crippen LogP contribution is -2.57. The minimum atomic E-state index is -5.13. The summed E-state index contributed by atoms with van der Waals surface area (Å²) in [6.45, 7) is -0.750.